The Hall–Kier alpha value is -1.54. The number of allylic oxidation sites excluding steroid dienone is 7. The Bertz CT molecular complexity index is 1130. The average molecular weight is 880 g/mol. The number of hydrogen-bond acceptors (Lipinski definition) is 5. The van der Waals surface area contributed by atoms with E-state index in [0.29, 0.717) is 17.4 Å². The second-order valence-corrected chi connectivity index (χ2v) is 20.0. The van der Waals surface area contributed by atoms with Gasteiger partial charge in [-0.2, -0.15) is 0 Å². The summed E-state index contributed by atoms with van der Waals surface area (Å²) in [4.78, 5) is 23.2. The number of aliphatic hydroxyl groups is 1. The maximum absolute atomic E-state index is 12.9. The number of phosphoric acid groups is 1. The van der Waals surface area contributed by atoms with Crippen LogP contribution in [0.4, 0.5) is 0 Å². The van der Waals surface area contributed by atoms with Crippen molar-refractivity contribution in [3.63, 3.8) is 0 Å². The lowest BCUT2D eigenvalue weighted by atomic mass is 10.0. The second kappa shape index (κ2) is 43.7. The highest BCUT2D eigenvalue weighted by Crippen LogP contribution is 2.43. The summed E-state index contributed by atoms with van der Waals surface area (Å²) in [5.74, 6) is -0.199. The molecule has 3 atom stereocenters. The van der Waals surface area contributed by atoms with E-state index in [9.17, 15) is 19.4 Å². The van der Waals surface area contributed by atoms with Crippen LogP contribution in [0, 0.1) is 0 Å². The predicted molar refractivity (Wildman–Crippen MR) is 263 cm³/mol. The topological polar surface area (TPSA) is 105 Å². The number of carbonyl (C=O) groups is 1. The monoisotopic (exact) mass is 880 g/mol. The Balaban J connectivity index is 4.34. The molecule has 0 rings (SSSR count). The van der Waals surface area contributed by atoms with Gasteiger partial charge in [-0.1, -0.05) is 210 Å². The standard InChI is InChI=1S/C52H99N2O6P/c1-6-8-10-12-14-16-18-20-22-23-24-25-26-27-28-29-30-32-33-35-37-39-41-43-45-51(55)50(49-60-61(57,58)59-48-47-54(3,4)5)53-52(56)46-44-42-40-38-36-34-31-21-19-17-15-13-11-9-7-2/h15,17,19,21,35,37,43,45,50-51,55H,6-14,16,18,20,22-34,36,38-42,44,46-49H2,1-5H3,(H-,53,56,57,58)/p+1/b17-15-,21-19-,37-35+,45-43+. The van der Waals surface area contributed by atoms with Gasteiger partial charge in [0, 0.05) is 6.42 Å². The van der Waals surface area contributed by atoms with Crippen molar-refractivity contribution in [3.05, 3.63) is 48.6 Å². The van der Waals surface area contributed by atoms with Crippen LogP contribution in [0.2, 0.25) is 0 Å². The zero-order valence-corrected chi connectivity index (χ0v) is 41.5. The molecule has 0 aliphatic rings. The van der Waals surface area contributed by atoms with Gasteiger partial charge in [-0.3, -0.25) is 13.8 Å². The third-order valence-corrected chi connectivity index (χ3v) is 12.3. The molecule has 358 valence electrons. The zero-order valence-electron chi connectivity index (χ0n) is 40.7. The van der Waals surface area contributed by atoms with Crippen molar-refractivity contribution in [2.75, 3.05) is 40.9 Å². The Labute approximate surface area is 378 Å². The molecule has 3 unspecified atom stereocenters. The number of nitrogens with one attached hydrogen (secondary N) is 1. The van der Waals surface area contributed by atoms with Crippen molar-refractivity contribution in [2.24, 2.45) is 0 Å². The maximum Gasteiger partial charge on any atom is 0.472 e. The van der Waals surface area contributed by atoms with E-state index in [0.717, 1.165) is 57.8 Å². The van der Waals surface area contributed by atoms with Gasteiger partial charge in [0.1, 0.15) is 13.2 Å². The highest BCUT2D eigenvalue weighted by molar-refractivity contribution is 7.47. The number of amides is 1. The minimum atomic E-state index is -4.35. The molecule has 61 heavy (non-hydrogen) atoms. The number of rotatable bonds is 46. The van der Waals surface area contributed by atoms with Crippen LogP contribution in [-0.4, -0.2) is 73.4 Å². The number of carbonyl (C=O) groups excluding carboxylic acids is 1. The smallest absolute Gasteiger partial charge is 0.387 e. The maximum atomic E-state index is 12.9. The minimum absolute atomic E-state index is 0.0526. The number of likely N-dealkylation sites (N-methyl/N-ethyl adjacent to an activating group) is 1. The molecule has 1 amide bonds. The van der Waals surface area contributed by atoms with Crippen molar-refractivity contribution in [1.82, 2.24) is 5.32 Å². The van der Waals surface area contributed by atoms with Crippen LogP contribution < -0.4 is 5.32 Å². The summed E-state index contributed by atoms with van der Waals surface area (Å²) in [6, 6.07) is -0.870. The molecule has 0 aromatic carbocycles. The number of aliphatic hydroxyl groups excluding tert-OH is 1. The third kappa shape index (κ3) is 46.3. The third-order valence-electron chi connectivity index (χ3n) is 11.3. The summed E-state index contributed by atoms with van der Waals surface area (Å²) in [5, 5.41) is 13.8. The minimum Gasteiger partial charge on any atom is -0.387 e. The van der Waals surface area contributed by atoms with Gasteiger partial charge >= 0.3 is 7.82 Å². The van der Waals surface area contributed by atoms with Gasteiger partial charge < -0.3 is 19.8 Å². The fourth-order valence-electron chi connectivity index (χ4n) is 7.22. The Morgan fingerprint density at radius 2 is 0.951 bits per heavy atom. The first kappa shape index (κ1) is 59.5. The number of phosphoric ester groups is 1. The number of unbranched alkanes of at least 4 members (excludes halogenated alkanes) is 28. The molecule has 0 saturated carbocycles. The van der Waals surface area contributed by atoms with Gasteiger partial charge in [-0.05, 0) is 57.8 Å². The van der Waals surface area contributed by atoms with Gasteiger partial charge in [0.25, 0.3) is 0 Å². The molecule has 3 N–H and O–H groups in total. The number of nitrogens with zero attached hydrogens (tertiary/aromatic N) is 1. The van der Waals surface area contributed by atoms with E-state index in [-0.39, 0.29) is 19.1 Å². The lowest BCUT2D eigenvalue weighted by Crippen LogP contribution is -2.45. The summed E-state index contributed by atoms with van der Waals surface area (Å²) in [5.41, 5.74) is 0. The Morgan fingerprint density at radius 3 is 1.44 bits per heavy atom. The Morgan fingerprint density at radius 1 is 0.557 bits per heavy atom. The predicted octanol–water partition coefficient (Wildman–Crippen LogP) is 14.8. The summed E-state index contributed by atoms with van der Waals surface area (Å²) < 4.78 is 23.6. The average Bonchev–Trinajstić information content (AvgIpc) is 3.21. The molecule has 0 spiro atoms. The lowest BCUT2D eigenvalue weighted by Gasteiger charge is -2.25. The molecule has 0 bridgehead atoms. The van der Waals surface area contributed by atoms with Crippen molar-refractivity contribution < 1.29 is 32.9 Å². The molecule has 0 aliphatic heterocycles. The fraction of sp³-hybridized carbons (Fsp3) is 0.827. The van der Waals surface area contributed by atoms with E-state index in [1.807, 2.05) is 27.2 Å². The van der Waals surface area contributed by atoms with Gasteiger partial charge in [0.15, 0.2) is 0 Å². The van der Waals surface area contributed by atoms with Gasteiger partial charge in [0.05, 0.1) is 39.9 Å². The van der Waals surface area contributed by atoms with Crippen molar-refractivity contribution in [2.45, 2.75) is 238 Å². The van der Waals surface area contributed by atoms with Gasteiger partial charge in [-0.25, -0.2) is 4.57 Å². The van der Waals surface area contributed by atoms with Crippen LogP contribution in [0.25, 0.3) is 0 Å². The SMILES string of the molecule is CCCCC/C=C\C=C/CCCCCCCCC(=O)NC(COP(=O)(O)OCC[N+](C)(C)C)C(O)/C=C/CC/C=C/CCCCCCCCCCCCCCCCCCCC. The molecule has 0 saturated heterocycles. The highest BCUT2D eigenvalue weighted by Gasteiger charge is 2.27. The van der Waals surface area contributed by atoms with E-state index in [4.69, 9.17) is 9.05 Å². The normalized spacial score (nSPS) is 14.5. The fourth-order valence-corrected chi connectivity index (χ4v) is 7.96. The van der Waals surface area contributed by atoms with Crippen molar-refractivity contribution >= 4 is 13.7 Å². The van der Waals surface area contributed by atoms with Crippen LogP contribution in [-0.2, 0) is 18.4 Å². The quantitative estimate of drug-likeness (QED) is 0.0185. The zero-order chi connectivity index (χ0) is 45.0. The summed E-state index contributed by atoms with van der Waals surface area (Å²) in [6.07, 6.45) is 56.3. The van der Waals surface area contributed by atoms with E-state index in [1.54, 1.807) is 6.08 Å². The molecule has 0 radical (unpaired) electrons. The van der Waals surface area contributed by atoms with Crippen LogP contribution in [0.1, 0.15) is 226 Å². The van der Waals surface area contributed by atoms with E-state index in [2.05, 4.69) is 55.6 Å². The van der Waals surface area contributed by atoms with Crippen LogP contribution in [0.5, 0.6) is 0 Å². The highest BCUT2D eigenvalue weighted by atomic mass is 31.2. The second-order valence-electron chi connectivity index (χ2n) is 18.6. The molecule has 0 heterocycles. The van der Waals surface area contributed by atoms with E-state index >= 15 is 0 Å². The molecule has 0 aromatic rings. The van der Waals surface area contributed by atoms with Crippen molar-refractivity contribution in [3.8, 4) is 0 Å². The first-order valence-corrected chi connectivity index (χ1v) is 27.0. The molecule has 9 heteroatoms. The van der Waals surface area contributed by atoms with Crippen LogP contribution in [0.3, 0.4) is 0 Å². The van der Waals surface area contributed by atoms with E-state index < -0.39 is 20.0 Å². The van der Waals surface area contributed by atoms with Crippen LogP contribution >= 0.6 is 7.82 Å². The van der Waals surface area contributed by atoms with Gasteiger partial charge in [0.2, 0.25) is 5.91 Å². The first-order valence-electron chi connectivity index (χ1n) is 25.5. The summed E-state index contributed by atoms with van der Waals surface area (Å²) in [6.45, 7) is 4.76. The molecule has 0 aliphatic carbocycles. The summed E-state index contributed by atoms with van der Waals surface area (Å²) >= 11 is 0. The summed E-state index contributed by atoms with van der Waals surface area (Å²) in [7, 11) is 1.54. The molecule has 0 fully saturated rings. The number of quaternary nitrogens is 1. The molecule has 8 nitrogen and oxygen atoms in total. The number of hydrogen-bond donors (Lipinski definition) is 3. The largest absolute Gasteiger partial charge is 0.472 e. The first-order chi connectivity index (χ1) is 29.5. The van der Waals surface area contributed by atoms with Gasteiger partial charge in [-0.15, -0.1) is 0 Å². The lowest BCUT2D eigenvalue weighted by molar-refractivity contribution is -0.870. The molecule has 0 aromatic heterocycles. The van der Waals surface area contributed by atoms with Crippen molar-refractivity contribution in [1.29, 1.82) is 0 Å². The molecular weight excluding hydrogens is 780 g/mol. The van der Waals surface area contributed by atoms with E-state index in [1.165, 1.54) is 148 Å². The molecular formula is C52H100N2O6P+. The Kier molecular flexibility index (Phi) is 42.6. The van der Waals surface area contributed by atoms with Crippen LogP contribution in [0.15, 0.2) is 48.6 Å².